The van der Waals surface area contributed by atoms with Gasteiger partial charge in [-0.1, -0.05) is 12.1 Å². The monoisotopic (exact) mass is 304 g/mol. The molecule has 3 heteroatoms. The van der Waals surface area contributed by atoms with Crippen molar-refractivity contribution < 1.29 is 4.74 Å². The third kappa shape index (κ3) is 5.08. The van der Waals surface area contributed by atoms with Crippen LogP contribution in [0.25, 0.3) is 0 Å². The second-order valence-corrected chi connectivity index (χ2v) is 7.72. The molecule has 0 spiro atoms. The molecule has 3 nitrogen and oxygen atoms in total. The van der Waals surface area contributed by atoms with Crippen molar-refractivity contribution >= 4 is 0 Å². The van der Waals surface area contributed by atoms with Gasteiger partial charge in [0.2, 0.25) is 0 Å². The topological polar surface area (TPSA) is 24.5 Å². The summed E-state index contributed by atoms with van der Waals surface area (Å²) in [7, 11) is 0. The van der Waals surface area contributed by atoms with Crippen LogP contribution in [-0.2, 0) is 11.3 Å². The van der Waals surface area contributed by atoms with E-state index in [4.69, 9.17) is 4.74 Å². The summed E-state index contributed by atoms with van der Waals surface area (Å²) in [5.41, 5.74) is 5.78. The number of morpholine rings is 1. The minimum absolute atomic E-state index is 0.149. The van der Waals surface area contributed by atoms with Gasteiger partial charge >= 0.3 is 0 Å². The average Bonchev–Trinajstić information content (AvgIpc) is 2.42. The van der Waals surface area contributed by atoms with Gasteiger partial charge < -0.3 is 10.1 Å². The van der Waals surface area contributed by atoms with E-state index in [2.05, 4.69) is 63.9 Å². The molecule has 1 aliphatic heterocycles. The number of aryl methyl sites for hydroxylation is 3. The first kappa shape index (κ1) is 17.5. The summed E-state index contributed by atoms with van der Waals surface area (Å²) in [6.07, 6.45) is 0.292. The fourth-order valence-electron chi connectivity index (χ4n) is 2.90. The highest BCUT2D eigenvalue weighted by atomic mass is 16.5. The van der Waals surface area contributed by atoms with Crippen LogP contribution in [0.3, 0.4) is 0 Å². The Morgan fingerprint density at radius 3 is 2.50 bits per heavy atom. The molecule has 2 rings (SSSR count). The second kappa shape index (κ2) is 7.12. The van der Waals surface area contributed by atoms with Crippen molar-refractivity contribution in [3.63, 3.8) is 0 Å². The van der Waals surface area contributed by atoms with Crippen LogP contribution in [0.5, 0.6) is 0 Å². The van der Waals surface area contributed by atoms with Crippen molar-refractivity contribution in [2.24, 2.45) is 0 Å². The second-order valence-electron chi connectivity index (χ2n) is 7.72. The van der Waals surface area contributed by atoms with E-state index in [1.54, 1.807) is 0 Å². The number of hydrogen-bond donors (Lipinski definition) is 1. The molecule has 0 bridgehead atoms. The zero-order valence-electron chi connectivity index (χ0n) is 15.1. The van der Waals surface area contributed by atoms with Crippen molar-refractivity contribution in [1.82, 2.24) is 10.2 Å². The molecule has 1 heterocycles. The molecule has 1 atom stereocenters. The number of benzene rings is 1. The fourth-order valence-corrected chi connectivity index (χ4v) is 2.90. The lowest BCUT2D eigenvalue weighted by atomic mass is 10.0. The van der Waals surface area contributed by atoms with Crippen molar-refractivity contribution in [2.45, 2.75) is 59.7 Å². The van der Waals surface area contributed by atoms with E-state index in [9.17, 15) is 0 Å². The first-order valence-corrected chi connectivity index (χ1v) is 8.40. The molecular weight excluding hydrogens is 272 g/mol. The Morgan fingerprint density at radius 1 is 1.14 bits per heavy atom. The molecule has 0 amide bonds. The third-order valence-electron chi connectivity index (χ3n) is 4.43. The van der Waals surface area contributed by atoms with Gasteiger partial charge in [-0.05, 0) is 63.8 Å². The predicted octanol–water partition coefficient (Wildman–Crippen LogP) is 3.20. The molecule has 22 heavy (non-hydrogen) atoms. The standard InChI is InChI=1S/C19H32N2O/c1-14-9-16(3)17(10-15(14)2)12-21-7-8-22-18(13-21)11-20-19(4,5)6/h9-10,18,20H,7-8,11-13H2,1-6H3. The van der Waals surface area contributed by atoms with E-state index in [0.717, 1.165) is 32.8 Å². The molecule has 1 fully saturated rings. The van der Waals surface area contributed by atoms with Gasteiger partial charge in [-0.3, -0.25) is 4.90 Å². The van der Waals surface area contributed by atoms with Gasteiger partial charge in [0, 0.05) is 31.7 Å². The SMILES string of the molecule is Cc1cc(C)c(CN2CCOC(CNC(C)(C)C)C2)cc1C. The van der Waals surface area contributed by atoms with Crippen LogP contribution in [0.2, 0.25) is 0 Å². The summed E-state index contributed by atoms with van der Waals surface area (Å²) in [6.45, 7) is 18.0. The number of nitrogens with zero attached hydrogens (tertiary/aromatic N) is 1. The minimum atomic E-state index is 0.149. The maximum atomic E-state index is 5.91. The van der Waals surface area contributed by atoms with Crippen LogP contribution in [0.4, 0.5) is 0 Å². The first-order valence-electron chi connectivity index (χ1n) is 8.40. The Bertz CT molecular complexity index is 505. The van der Waals surface area contributed by atoms with E-state index in [1.807, 2.05) is 0 Å². The Kier molecular flexibility index (Phi) is 5.65. The summed E-state index contributed by atoms with van der Waals surface area (Å²) in [5, 5.41) is 3.55. The lowest BCUT2D eigenvalue weighted by Crippen LogP contribution is -2.49. The number of ether oxygens (including phenoxy) is 1. The van der Waals surface area contributed by atoms with Crippen LogP contribution in [-0.4, -0.2) is 42.8 Å². The summed E-state index contributed by atoms with van der Waals surface area (Å²) in [6, 6.07) is 4.66. The summed E-state index contributed by atoms with van der Waals surface area (Å²) >= 11 is 0. The van der Waals surface area contributed by atoms with Crippen molar-refractivity contribution in [1.29, 1.82) is 0 Å². The number of nitrogens with one attached hydrogen (secondary N) is 1. The zero-order chi connectivity index (χ0) is 16.3. The highest BCUT2D eigenvalue weighted by molar-refractivity contribution is 5.36. The van der Waals surface area contributed by atoms with Crippen molar-refractivity contribution in [3.05, 3.63) is 34.4 Å². The van der Waals surface area contributed by atoms with Gasteiger partial charge in [-0.25, -0.2) is 0 Å². The van der Waals surface area contributed by atoms with E-state index in [0.29, 0.717) is 6.10 Å². The lowest BCUT2D eigenvalue weighted by Gasteiger charge is -2.35. The Morgan fingerprint density at radius 2 is 1.82 bits per heavy atom. The van der Waals surface area contributed by atoms with Gasteiger partial charge in [0.05, 0.1) is 12.7 Å². The Labute approximate surface area is 136 Å². The molecule has 1 N–H and O–H groups in total. The van der Waals surface area contributed by atoms with Gasteiger partial charge in [0.25, 0.3) is 0 Å². The van der Waals surface area contributed by atoms with E-state index in [1.165, 1.54) is 22.3 Å². The zero-order valence-corrected chi connectivity index (χ0v) is 15.1. The van der Waals surface area contributed by atoms with Gasteiger partial charge in [-0.15, -0.1) is 0 Å². The molecule has 0 radical (unpaired) electrons. The third-order valence-corrected chi connectivity index (χ3v) is 4.43. The van der Waals surface area contributed by atoms with Crippen LogP contribution in [0.15, 0.2) is 12.1 Å². The Hall–Kier alpha value is -0.900. The first-order chi connectivity index (χ1) is 10.2. The summed E-state index contributed by atoms with van der Waals surface area (Å²) < 4.78 is 5.91. The maximum absolute atomic E-state index is 5.91. The molecule has 1 aromatic carbocycles. The fraction of sp³-hybridized carbons (Fsp3) is 0.684. The van der Waals surface area contributed by atoms with Gasteiger partial charge in [0.15, 0.2) is 0 Å². The maximum Gasteiger partial charge on any atom is 0.0827 e. The normalized spacial score (nSPS) is 20.4. The molecule has 1 aromatic rings. The van der Waals surface area contributed by atoms with Gasteiger partial charge in [0.1, 0.15) is 0 Å². The number of hydrogen-bond acceptors (Lipinski definition) is 3. The van der Waals surface area contributed by atoms with Crippen LogP contribution in [0.1, 0.15) is 43.0 Å². The lowest BCUT2D eigenvalue weighted by molar-refractivity contribution is -0.0322. The predicted molar refractivity (Wildman–Crippen MR) is 93.4 cm³/mol. The quantitative estimate of drug-likeness (QED) is 0.924. The van der Waals surface area contributed by atoms with E-state index in [-0.39, 0.29) is 5.54 Å². The highest BCUT2D eigenvalue weighted by Crippen LogP contribution is 2.18. The van der Waals surface area contributed by atoms with Gasteiger partial charge in [-0.2, -0.15) is 0 Å². The van der Waals surface area contributed by atoms with Crippen LogP contribution >= 0.6 is 0 Å². The molecule has 124 valence electrons. The molecular formula is C19H32N2O. The highest BCUT2D eigenvalue weighted by Gasteiger charge is 2.22. The smallest absolute Gasteiger partial charge is 0.0827 e. The molecule has 0 saturated carbocycles. The Balaban J connectivity index is 1.94. The largest absolute Gasteiger partial charge is 0.374 e. The minimum Gasteiger partial charge on any atom is -0.374 e. The molecule has 0 aromatic heterocycles. The molecule has 1 aliphatic rings. The summed E-state index contributed by atoms with van der Waals surface area (Å²) in [4.78, 5) is 2.52. The molecule has 1 unspecified atom stereocenters. The van der Waals surface area contributed by atoms with Crippen molar-refractivity contribution in [3.8, 4) is 0 Å². The molecule has 1 saturated heterocycles. The average molecular weight is 304 g/mol. The van der Waals surface area contributed by atoms with E-state index < -0.39 is 0 Å². The van der Waals surface area contributed by atoms with Crippen LogP contribution < -0.4 is 5.32 Å². The van der Waals surface area contributed by atoms with Crippen LogP contribution in [0, 0.1) is 20.8 Å². The van der Waals surface area contributed by atoms with E-state index >= 15 is 0 Å². The molecule has 0 aliphatic carbocycles. The summed E-state index contributed by atoms with van der Waals surface area (Å²) in [5.74, 6) is 0. The number of rotatable bonds is 4. The van der Waals surface area contributed by atoms with Crippen molar-refractivity contribution in [2.75, 3.05) is 26.2 Å².